The third-order valence-electron chi connectivity index (χ3n) is 5.51. The van der Waals surface area contributed by atoms with E-state index in [2.05, 4.69) is 30.8 Å². The lowest BCUT2D eigenvalue weighted by atomic mass is 9.86. The molecule has 0 spiro atoms. The molecule has 1 atom stereocenters. The molecule has 0 aliphatic heterocycles. The zero-order chi connectivity index (χ0) is 21.3. The van der Waals surface area contributed by atoms with Crippen LogP contribution in [0.2, 0.25) is 0 Å². The highest BCUT2D eigenvalue weighted by Gasteiger charge is 2.32. The van der Waals surface area contributed by atoms with Gasteiger partial charge in [0.05, 0.1) is 0 Å². The molecular formula is C22H48N6. The van der Waals surface area contributed by atoms with Crippen molar-refractivity contribution >= 4 is 11.9 Å². The fourth-order valence-electron chi connectivity index (χ4n) is 3.94. The Morgan fingerprint density at radius 1 is 0.679 bits per heavy atom. The van der Waals surface area contributed by atoms with Crippen LogP contribution in [0, 0.1) is 5.92 Å². The van der Waals surface area contributed by atoms with Gasteiger partial charge in [0.15, 0.2) is 17.6 Å². The van der Waals surface area contributed by atoms with Crippen LogP contribution in [0.4, 0.5) is 0 Å². The molecule has 0 bridgehead atoms. The highest BCUT2D eigenvalue weighted by Crippen LogP contribution is 2.33. The zero-order valence-electron chi connectivity index (χ0n) is 18.9. The van der Waals surface area contributed by atoms with E-state index >= 15 is 0 Å². The lowest BCUT2D eigenvalue weighted by Crippen LogP contribution is -2.38. The minimum absolute atomic E-state index is 0.0614. The standard InChI is InChI=1S/C22H48N6/c1-4-7-9-10-11-12-13-14-15-17-22(27-20(23)24,28-21(25)26)18-19(6-3)16-8-5-2/h19H,4-18H2,1-3H3,(H4,23,24,27)(H4,25,26,28). The summed E-state index contributed by atoms with van der Waals surface area (Å²) in [6.45, 7) is 6.69. The van der Waals surface area contributed by atoms with Crippen molar-refractivity contribution in [2.24, 2.45) is 38.8 Å². The molecule has 0 radical (unpaired) electrons. The zero-order valence-corrected chi connectivity index (χ0v) is 18.9. The fourth-order valence-corrected chi connectivity index (χ4v) is 3.94. The smallest absolute Gasteiger partial charge is 0.188 e. The van der Waals surface area contributed by atoms with Crippen molar-refractivity contribution in [3.8, 4) is 0 Å². The summed E-state index contributed by atoms with van der Waals surface area (Å²) in [6.07, 6.45) is 17.7. The first-order valence-corrected chi connectivity index (χ1v) is 11.6. The van der Waals surface area contributed by atoms with Crippen LogP contribution in [0.25, 0.3) is 0 Å². The van der Waals surface area contributed by atoms with E-state index in [1.807, 2.05) is 0 Å². The maximum Gasteiger partial charge on any atom is 0.188 e. The Labute approximate surface area is 174 Å². The molecule has 0 saturated carbocycles. The maximum atomic E-state index is 5.76. The Bertz CT molecular complexity index is 407. The largest absolute Gasteiger partial charge is 0.370 e. The predicted octanol–water partition coefficient (Wildman–Crippen LogP) is 4.76. The van der Waals surface area contributed by atoms with Crippen LogP contribution < -0.4 is 22.9 Å². The first-order chi connectivity index (χ1) is 13.4. The second-order valence-corrected chi connectivity index (χ2v) is 8.25. The number of nitrogens with zero attached hydrogens (tertiary/aromatic N) is 2. The van der Waals surface area contributed by atoms with Gasteiger partial charge in [-0.25, -0.2) is 9.98 Å². The van der Waals surface area contributed by atoms with Gasteiger partial charge in [0.25, 0.3) is 0 Å². The van der Waals surface area contributed by atoms with Gasteiger partial charge in [-0.3, -0.25) is 0 Å². The van der Waals surface area contributed by atoms with Gasteiger partial charge in [0.2, 0.25) is 0 Å². The molecule has 0 aromatic rings. The Hall–Kier alpha value is -1.46. The van der Waals surface area contributed by atoms with Crippen molar-refractivity contribution in [1.82, 2.24) is 0 Å². The van der Waals surface area contributed by atoms with Crippen LogP contribution in [0.1, 0.15) is 117 Å². The van der Waals surface area contributed by atoms with E-state index in [0.717, 1.165) is 32.1 Å². The Morgan fingerprint density at radius 3 is 1.57 bits per heavy atom. The number of hydrogen-bond donors (Lipinski definition) is 4. The lowest BCUT2D eigenvalue weighted by Gasteiger charge is -2.30. The predicted molar refractivity (Wildman–Crippen MR) is 124 cm³/mol. The molecular weight excluding hydrogens is 348 g/mol. The van der Waals surface area contributed by atoms with Gasteiger partial charge >= 0.3 is 0 Å². The van der Waals surface area contributed by atoms with Gasteiger partial charge in [0.1, 0.15) is 0 Å². The van der Waals surface area contributed by atoms with Crippen molar-refractivity contribution in [3.63, 3.8) is 0 Å². The first kappa shape index (κ1) is 26.5. The number of guanidine groups is 2. The Kier molecular flexibility index (Phi) is 15.6. The van der Waals surface area contributed by atoms with Gasteiger partial charge in [-0.2, -0.15) is 0 Å². The quantitative estimate of drug-likeness (QED) is 0.151. The molecule has 0 fully saturated rings. The van der Waals surface area contributed by atoms with Crippen molar-refractivity contribution in [1.29, 1.82) is 0 Å². The van der Waals surface area contributed by atoms with Crippen molar-refractivity contribution in [2.75, 3.05) is 0 Å². The molecule has 28 heavy (non-hydrogen) atoms. The van der Waals surface area contributed by atoms with Crippen LogP contribution >= 0.6 is 0 Å². The number of aliphatic imine (C=N–C) groups is 2. The highest BCUT2D eigenvalue weighted by atomic mass is 15.2. The molecule has 6 nitrogen and oxygen atoms in total. The van der Waals surface area contributed by atoms with E-state index in [4.69, 9.17) is 22.9 Å². The Morgan fingerprint density at radius 2 is 1.14 bits per heavy atom. The summed E-state index contributed by atoms with van der Waals surface area (Å²) in [5.74, 6) is 0.641. The van der Waals surface area contributed by atoms with E-state index in [1.165, 1.54) is 64.2 Å². The summed E-state index contributed by atoms with van der Waals surface area (Å²) in [6, 6.07) is 0. The average Bonchev–Trinajstić information content (AvgIpc) is 2.62. The number of rotatable bonds is 18. The summed E-state index contributed by atoms with van der Waals surface area (Å²) in [5, 5.41) is 0. The van der Waals surface area contributed by atoms with E-state index < -0.39 is 5.66 Å². The lowest BCUT2D eigenvalue weighted by molar-refractivity contribution is 0.280. The van der Waals surface area contributed by atoms with Gasteiger partial charge in [-0.1, -0.05) is 97.8 Å². The number of hydrogen-bond acceptors (Lipinski definition) is 2. The van der Waals surface area contributed by atoms with E-state index in [-0.39, 0.29) is 11.9 Å². The molecule has 0 amide bonds. The monoisotopic (exact) mass is 396 g/mol. The second kappa shape index (κ2) is 16.5. The summed E-state index contributed by atoms with van der Waals surface area (Å²) in [5.41, 5.74) is 22.3. The highest BCUT2D eigenvalue weighted by molar-refractivity contribution is 5.78. The van der Waals surface area contributed by atoms with Crippen molar-refractivity contribution in [3.05, 3.63) is 0 Å². The molecule has 0 rings (SSSR count). The maximum absolute atomic E-state index is 5.76. The second-order valence-electron chi connectivity index (χ2n) is 8.25. The van der Waals surface area contributed by atoms with Gasteiger partial charge in [-0.15, -0.1) is 0 Å². The van der Waals surface area contributed by atoms with Crippen LogP contribution in [-0.4, -0.2) is 17.6 Å². The number of unbranched alkanes of at least 4 members (excludes halogenated alkanes) is 9. The molecule has 6 heteroatoms. The van der Waals surface area contributed by atoms with E-state index in [1.54, 1.807) is 0 Å². The fraction of sp³-hybridized carbons (Fsp3) is 0.909. The Balaban J connectivity index is 4.80. The summed E-state index contributed by atoms with van der Waals surface area (Å²) in [7, 11) is 0. The van der Waals surface area contributed by atoms with E-state index in [9.17, 15) is 0 Å². The summed E-state index contributed by atoms with van der Waals surface area (Å²) in [4.78, 5) is 9.07. The summed E-state index contributed by atoms with van der Waals surface area (Å²) >= 11 is 0. The van der Waals surface area contributed by atoms with E-state index in [0.29, 0.717) is 5.92 Å². The molecule has 166 valence electrons. The molecule has 0 aromatic carbocycles. The topological polar surface area (TPSA) is 129 Å². The third kappa shape index (κ3) is 13.7. The normalized spacial score (nSPS) is 12.5. The van der Waals surface area contributed by atoms with Crippen molar-refractivity contribution < 1.29 is 0 Å². The van der Waals surface area contributed by atoms with Gasteiger partial charge in [-0.05, 0) is 25.2 Å². The van der Waals surface area contributed by atoms with Crippen LogP contribution in [0.5, 0.6) is 0 Å². The molecule has 0 aromatic heterocycles. The van der Waals surface area contributed by atoms with Crippen molar-refractivity contribution in [2.45, 2.75) is 123 Å². The molecule has 8 N–H and O–H groups in total. The van der Waals surface area contributed by atoms with Gasteiger partial charge in [0, 0.05) is 0 Å². The average molecular weight is 397 g/mol. The minimum atomic E-state index is -0.715. The SMILES string of the molecule is CCCCCCCCCCCC(CC(CC)CCCC)(N=C(N)N)N=C(N)N. The molecule has 1 unspecified atom stereocenters. The minimum Gasteiger partial charge on any atom is -0.370 e. The third-order valence-corrected chi connectivity index (χ3v) is 5.51. The molecule has 0 saturated heterocycles. The molecule has 0 heterocycles. The number of nitrogens with two attached hydrogens (primary N) is 4. The molecule has 0 aliphatic rings. The van der Waals surface area contributed by atoms with Crippen LogP contribution in [0.15, 0.2) is 9.98 Å². The van der Waals surface area contributed by atoms with Crippen LogP contribution in [-0.2, 0) is 0 Å². The molecule has 0 aliphatic carbocycles. The van der Waals surface area contributed by atoms with Crippen LogP contribution in [0.3, 0.4) is 0 Å². The van der Waals surface area contributed by atoms with Gasteiger partial charge < -0.3 is 22.9 Å². The first-order valence-electron chi connectivity index (χ1n) is 11.6. The summed E-state index contributed by atoms with van der Waals surface area (Å²) < 4.78 is 0.